The van der Waals surface area contributed by atoms with E-state index in [1.165, 1.54) is 17.0 Å². The maximum Gasteiger partial charge on any atom is 0.0555 e. The summed E-state index contributed by atoms with van der Waals surface area (Å²) in [4.78, 5) is 7.88. The SMILES string of the molecule is CCC1Cc2[nH]ccc2C(C)=N1. The second-order valence-electron chi connectivity index (χ2n) is 3.35. The second-order valence-corrected chi connectivity index (χ2v) is 3.35. The lowest BCUT2D eigenvalue weighted by atomic mass is 10.00. The fraction of sp³-hybridized carbons (Fsp3) is 0.500. The maximum absolute atomic E-state index is 4.61. The van der Waals surface area contributed by atoms with E-state index in [4.69, 9.17) is 0 Å². The number of hydrogen-bond acceptors (Lipinski definition) is 1. The Labute approximate surface area is 72.7 Å². The molecule has 0 spiro atoms. The molecular weight excluding hydrogens is 148 g/mol. The van der Waals surface area contributed by atoms with Gasteiger partial charge in [-0.3, -0.25) is 4.99 Å². The van der Waals surface area contributed by atoms with Crippen LogP contribution in [-0.4, -0.2) is 16.7 Å². The van der Waals surface area contributed by atoms with Crippen molar-refractivity contribution in [1.29, 1.82) is 0 Å². The maximum atomic E-state index is 4.61. The fourth-order valence-corrected chi connectivity index (χ4v) is 1.77. The molecule has 2 nitrogen and oxygen atoms in total. The van der Waals surface area contributed by atoms with E-state index in [1.54, 1.807) is 0 Å². The summed E-state index contributed by atoms with van der Waals surface area (Å²) in [6.45, 7) is 4.28. The van der Waals surface area contributed by atoms with Crippen LogP contribution in [0.3, 0.4) is 0 Å². The lowest BCUT2D eigenvalue weighted by molar-refractivity contribution is 0.632. The molecule has 0 bridgehead atoms. The Morgan fingerprint density at radius 2 is 2.50 bits per heavy atom. The highest BCUT2D eigenvalue weighted by atomic mass is 14.8. The first-order chi connectivity index (χ1) is 5.81. The van der Waals surface area contributed by atoms with Crippen molar-refractivity contribution in [3.8, 4) is 0 Å². The zero-order valence-electron chi connectivity index (χ0n) is 7.59. The highest BCUT2D eigenvalue weighted by Crippen LogP contribution is 2.19. The van der Waals surface area contributed by atoms with E-state index >= 15 is 0 Å². The number of aromatic amines is 1. The normalized spacial score (nSPS) is 21.8. The van der Waals surface area contributed by atoms with Gasteiger partial charge < -0.3 is 4.98 Å². The Hall–Kier alpha value is -1.05. The molecule has 0 radical (unpaired) electrons. The summed E-state index contributed by atoms with van der Waals surface area (Å²) in [6.07, 6.45) is 4.22. The Bertz CT molecular complexity index is 309. The largest absolute Gasteiger partial charge is 0.364 e. The predicted octanol–water partition coefficient (Wildman–Crippen LogP) is 2.16. The third-order valence-electron chi connectivity index (χ3n) is 2.51. The molecule has 12 heavy (non-hydrogen) atoms. The molecule has 0 amide bonds. The molecule has 1 aliphatic rings. The third kappa shape index (κ3) is 1.07. The van der Waals surface area contributed by atoms with Crippen LogP contribution in [0.2, 0.25) is 0 Å². The molecular formula is C10H14N2. The topological polar surface area (TPSA) is 28.1 Å². The Morgan fingerprint density at radius 1 is 1.67 bits per heavy atom. The summed E-state index contributed by atoms with van der Waals surface area (Å²) < 4.78 is 0. The Kier molecular flexibility index (Phi) is 1.75. The molecule has 64 valence electrons. The van der Waals surface area contributed by atoms with Gasteiger partial charge in [0.05, 0.1) is 6.04 Å². The minimum Gasteiger partial charge on any atom is -0.364 e. The average molecular weight is 162 g/mol. The van der Waals surface area contributed by atoms with Crippen LogP contribution in [0, 0.1) is 0 Å². The smallest absolute Gasteiger partial charge is 0.0555 e. The zero-order valence-corrected chi connectivity index (χ0v) is 7.59. The van der Waals surface area contributed by atoms with Gasteiger partial charge in [-0.25, -0.2) is 0 Å². The average Bonchev–Trinajstić information content (AvgIpc) is 2.52. The van der Waals surface area contributed by atoms with Crippen LogP contribution in [0.15, 0.2) is 17.3 Å². The molecule has 1 aromatic rings. The van der Waals surface area contributed by atoms with E-state index in [-0.39, 0.29) is 0 Å². The van der Waals surface area contributed by atoms with Crippen LogP contribution in [0.5, 0.6) is 0 Å². The van der Waals surface area contributed by atoms with Gasteiger partial charge in [-0.1, -0.05) is 6.92 Å². The van der Waals surface area contributed by atoms with Crippen molar-refractivity contribution in [3.05, 3.63) is 23.5 Å². The zero-order chi connectivity index (χ0) is 8.55. The number of aromatic nitrogens is 1. The van der Waals surface area contributed by atoms with Crippen molar-refractivity contribution in [2.24, 2.45) is 4.99 Å². The van der Waals surface area contributed by atoms with Crippen molar-refractivity contribution >= 4 is 5.71 Å². The summed E-state index contributed by atoms with van der Waals surface area (Å²) in [5, 5.41) is 0. The Morgan fingerprint density at radius 3 is 3.25 bits per heavy atom. The second kappa shape index (κ2) is 2.77. The predicted molar refractivity (Wildman–Crippen MR) is 50.8 cm³/mol. The molecule has 0 saturated carbocycles. The summed E-state index contributed by atoms with van der Waals surface area (Å²) in [7, 11) is 0. The van der Waals surface area contributed by atoms with E-state index in [1.807, 2.05) is 6.20 Å². The highest BCUT2D eigenvalue weighted by molar-refractivity contribution is 6.00. The minimum atomic E-state index is 0.496. The molecule has 0 aromatic carbocycles. The molecule has 1 N–H and O–H groups in total. The standard InChI is InChI=1S/C10H14N2/c1-3-8-6-10-9(4-5-11-10)7(2)12-8/h4-5,8,11H,3,6H2,1-2H3. The van der Waals surface area contributed by atoms with Gasteiger partial charge in [0.1, 0.15) is 0 Å². The van der Waals surface area contributed by atoms with Gasteiger partial charge in [-0.2, -0.15) is 0 Å². The van der Waals surface area contributed by atoms with E-state index in [9.17, 15) is 0 Å². The molecule has 1 aromatic heterocycles. The Balaban J connectivity index is 2.38. The van der Waals surface area contributed by atoms with Crippen molar-refractivity contribution < 1.29 is 0 Å². The number of aliphatic imine (C=N–C) groups is 1. The number of nitrogens with one attached hydrogen (secondary N) is 1. The number of fused-ring (bicyclic) bond motifs is 1. The van der Waals surface area contributed by atoms with Crippen molar-refractivity contribution in [3.63, 3.8) is 0 Å². The third-order valence-corrected chi connectivity index (χ3v) is 2.51. The number of nitrogens with zero attached hydrogens (tertiary/aromatic N) is 1. The van der Waals surface area contributed by atoms with Crippen LogP contribution >= 0.6 is 0 Å². The van der Waals surface area contributed by atoms with Gasteiger partial charge in [0.15, 0.2) is 0 Å². The van der Waals surface area contributed by atoms with Gasteiger partial charge in [-0.05, 0) is 19.4 Å². The van der Waals surface area contributed by atoms with Crippen LogP contribution in [0.1, 0.15) is 31.5 Å². The molecule has 2 heterocycles. The molecule has 0 aliphatic carbocycles. The van der Waals surface area contributed by atoms with Gasteiger partial charge in [0.25, 0.3) is 0 Å². The molecule has 0 saturated heterocycles. The summed E-state index contributed by atoms with van der Waals surface area (Å²) in [5.41, 5.74) is 3.85. The van der Waals surface area contributed by atoms with Crippen molar-refractivity contribution in [2.45, 2.75) is 32.7 Å². The van der Waals surface area contributed by atoms with E-state index in [2.05, 4.69) is 29.9 Å². The lowest BCUT2D eigenvalue weighted by Gasteiger charge is -2.17. The fourth-order valence-electron chi connectivity index (χ4n) is 1.77. The number of H-pyrrole nitrogens is 1. The number of rotatable bonds is 1. The molecule has 2 heteroatoms. The molecule has 1 atom stereocenters. The van der Waals surface area contributed by atoms with Gasteiger partial charge in [0.2, 0.25) is 0 Å². The van der Waals surface area contributed by atoms with E-state index in [0.717, 1.165) is 12.8 Å². The van der Waals surface area contributed by atoms with Crippen LogP contribution in [0.25, 0.3) is 0 Å². The first-order valence-corrected chi connectivity index (χ1v) is 4.52. The van der Waals surface area contributed by atoms with Gasteiger partial charge in [0, 0.05) is 29.6 Å². The van der Waals surface area contributed by atoms with Crippen LogP contribution in [0.4, 0.5) is 0 Å². The van der Waals surface area contributed by atoms with Gasteiger partial charge in [-0.15, -0.1) is 0 Å². The molecule has 1 aliphatic heterocycles. The van der Waals surface area contributed by atoms with Gasteiger partial charge >= 0.3 is 0 Å². The minimum absolute atomic E-state index is 0.496. The summed E-state index contributed by atoms with van der Waals surface area (Å²) in [6, 6.07) is 2.61. The quantitative estimate of drug-likeness (QED) is 0.655. The molecule has 1 unspecified atom stereocenters. The lowest BCUT2D eigenvalue weighted by Crippen LogP contribution is -2.17. The van der Waals surface area contributed by atoms with E-state index in [0.29, 0.717) is 6.04 Å². The first-order valence-electron chi connectivity index (χ1n) is 4.52. The highest BCUT2D eigenvalue weighted by Gasteiger charge is 2.17. The summed E-state index contributed by atoms with van der Waals surface area (Å²) in [5.74, 6) is 0. The van der Waals surface area contributed by atoms with E-state index < -0.39 is 0 Å². The van der Waals surface area contributed by atoms with Crippen LogP contribution in [-0.2, 0) is 6.42 Å². The van der Waals surface area contributed by atoms with Crippen molar-refractivity contribution in [2.75, 3.05) is 0 Å². The molecule has 2 rings (SSSR count). The summed E-state index contributed by atoms with van der Waals surface area (Å²) >= 11 is 0. The molecule has 0 fully saturated rings. The van der Waals surface area contributed by atoms with Crippen molar-refractivity contribution in [1.82, 2.24) is 4.98 Å². The van der Waals surface area contributed by atoms with Crippen LogP contribution < -0.4 is 0 Å². The first kappa shape index (κ1) is 7.59. The monoisotopic (exact) mass is 162 g/mol. The number of hydrogen-bond donors (Lipinski definition) is 1.